The lowest BCUT2D eigenvalue weighted by molar-refractivity contribution is 0.157. The summed E-state index contributed by atoms with van der Waals surface area (Å²) in [5.41, 5.74) is 1.16. The average molecular weight is 421 g/mol. The van der Waals surface area contributed by atoms with Gasteiger partial charge in [0.2, 0.25) is 0 Å². The first kappa shape index (κ1) is 19.3. The van der Waals surface area contributed by atoms with E-state index in [1.165, 1.54) is 6.42 Å². The lowest BCUT2D eigenvalue weighted by Crippen LogP contribution is -2.40. The minimum Gasteiger partial charge on any atom is -0.466 e. The van der Waals surface area contributed by atoms with Crippen molar-refractivity contribution in [3.05, 3.63) is 23.2 Å². The third kappa shape index (κ3) is 5.15. The molecule has 1 aliphatic rings. The molecule has 2 heterocycles. The van der Waals surface area contributed by atoms with Crippen LogP contribution in [0.25, 0.3) is 0 Å². The van der Waals surface area contributed by atoms with Crippen LogP contribution in [0.4, 0.5) is 0 Å². The number of nitrogens with one attached hydrogen (secondary N) is 1. The Morgan fingerprint density at radius 2 is 2.27 bits per heavy atom. The number of hydrogen-bond donors (Lipinski definition) is 1. The van der Waals surface area contributed by atoms with Crippen molar-refractivity contribution in [1.82, 2.24) is 10.2 Å². The number of rotatable bonds is 5. The van der Waals surface area contributed by atoms with Gasteiger partial charge in [0.05, 0.1) is 13.2 Å². The standard InChI is InChI=1S/C16H27N3O2.HI/c1-5-17-16(19-7-6-14(10-19)11-20-4)18-9-15-8-12(2)21-13(15)3;/h8,14H,5-7,9-11H2,1-4H3,(H,17,18);1H. The van der Waals surface area contributed by atoms with Gasteiger partial charge in [-0.05, 0) is 33.3 Å². The molecule has 1 atom stereocenters. The van der Waals surface area contributed by atoms with Crippen molar-refractivity contribution in [2.24, 2.45) is 10.9 Å². The molecule has 2 rings (SSSR count). The molecule has 0 spiro atoms. The van der Waals surface area contributed by atoms with Gasteiger partial charge in [-0.15, -0.1) is 24.0 Å². The van der Waals surface area contributed by atoms with Crippen LogP contribution >= 0.6 is 24.0 Å². The number of halogens is 1. The third-order valence-corrected chi connectivity index (χ3v) is 3.87. The van der Waals surface area contributed by atoms with Crippen LogP contribution in [-0.4, -0.2) is 44.2 Å². The van der Waals surface area contributed by atoms with E-state index in [-0.39, 0.29) is 24.0 Å². The van der Waals surface area contributed by atoms with E-state index in [2.05, 4.69) is 23.2 Å². The van der Waals surface area contributed by atoms with Crippen LogP contribution in [0.2, 0.25) is 0 Å². The highest BCUT2D eigenvalue weighted by Crippen LogP contribution is 2.18. The second-order valence-corrected chi connectivity index (χ2v) is 5.66. The molecule has 1 saturated heterocycles. The summed E-state index contributed by atoms with van der Waals surface area (Å²) < 4.78 is 10.8. The lowest BCUT2D eigenvalue weighted by atomic mass is 10.1. The van der Waals surface area contributed by atoms with Crippen molar-refractivity contribution in [3.63, 3.8) is 0 Å². The predicted molar refractivity (Wildman–Crippen MR) is 100.0 cm³/mol. The minimum atomic E-state index is 0. The summed E-state index contributed by atoms with van der Waals surface area (Å²) in [7, 11) is 1.77. The van der Waals surface area contributed by atoms with E-state index in [9.17, 15) is 0 Å². The van der Waals surface area contributed by atoms with Gasteiger partial charge >= 0.3 is 0 Å². The molecule has 126 valence electrons. The topological polar surface area (TPSA) is 50.0 Å². The Morgan fingerprint density at radius 3 is 2.86 bits per heavy atom. The maximum Gasteiger partial charge on any atom is 0.194 e. The molecule has 22 heavy (non-hydrogen) atoms. The Labute approximate surface area is 150 Å². The molecule has 5 nitrogen and oxygen atoms in total. The molecule has 1 fully saturated rings. The van der Waals surface area contributed by atoms with Crippen LogP contribution in [0, 0.1) is 19.8 Å². The number of methoxy groups -OCH3 is 1. The molecule has 1 unspecified atom stereocenters. The number of guanidine groups is 1. The quantitative estimate of drug-likeness (QED) is 0.451. The van der Waals surface area contributed by atoms with E-state index in [1.54, 1.807) is 7.11 Å². The molecule has 0 saturated carbocycles. The van der Waals surface area contributed by atoms with Crippen molar-refractivity contribution in [2.45, 2.75) is 33.7 Å². The fourth-order valence-corrected chi connectivity index (χ4v) is 2.82. The minimum absolute atomic E-state index is 0. The first-order valence-corrected chi connectivity index (χ1v) is 7.72. The zero-order valence-corrected chi connectivity index (χ0v) is 16.3. The Kier molecular flexibility index (Phi) is 8.24. The first-order chi connectivity index (χ1) is 10.1. The van der Waals surface area contributed by atoms with Gasteiger partial charge in [-0.2, -0.15) is 0 Å². The van der Waals surface area contributed by atoms with Crippen LogP contribution in [0.3, 0.4) is 0 Å². The summed E-state index contributed by atoms with van der Waals surface area (Å²) in [6, 6.07) is 2.07. The van der Waals surface area contributed by atoms with Crippen LogP contribution in [0.1, 0.15) is 30.4 Å². The zero-order chi connectivity index (χ0) is 15.2. The fourth-order valence-electron chi connectivity index (χ4n) is 2.82. The normalized spacial score (nSPS) is 18.5. The first-order valence-electron chi connectivity index (χ1n) is 7.72. The molecule has 1 aromatic rings. The van der Waals surface area contributed by atoms with Crippen LogP contribution in [0.5, 0.6) is 0 Å². The molecule has 1 N–H and O–H groups in total. The highest BCUT2D eigenvalue weighted by Gasteiger charge is 2.24. The van der Waals surface area contributed by atoms with Gasteiger partial charge in [0.15, 0.2) is 5.96 Å². The number of nitrogens with zero attached hydrogens (tertiary/aromatic N) is 2. The Hall–Kier alpha value is -0.760. The maximum atomic E-state index is 5.56. The molecule has 0 bridgehead atoms. The number of furan rings is 1. The highest BCUT2D eigenvalue weighted by atomic mass is 127. The van der Waals surface area contributed by atoms with Crippen molar-refractivity contribution in [2.75, 3.05) is 33.4 Å². The van der Waals surface area contributed by atoms with Crippen LogP contribution in [-0.2, 0) is 11.3 Å². The van der Waals surface area contributed by atoms with Crippen LogP contribution < -0.4 is 5.32 Å². The molecule has 0 aromatic carbocycles. The molecule has 0 amide bonds. The second kappa shape index (κ2) is 9.39. The third-order valence-electron chi connectivity index (χ3n) is 3.87. The van der Waals surface area contributed by atoms with Gasteiger partial charge in [0.25, 0.3) is 0 Å². The number of aliphatic imine (C=N–C) groups is 1. The number of hydrogen-bond acceptors (Lipinski definition) is 3. The van der Waals surface area contributed by atoms with E-state index in [0.29, 0.717) is 12.5 Å². The van der Waals surface area contributed by atoms with E-state index < -0.39 is 0 Å². The smallest absolute Gasteiger partial charge is 0.194 e. The molecule has 1 aliphatic heterocycles. The van der Waals surface area contributed by atoms with Crippen molar-refractivity contribution in [1.29, 1.82) is 0 Å². The number of aryl methyl sites for hydroxylation is 2. The summed E-state index contributed by atoms with van der Waals surface area (Å²) in [4.78, 5) is 7.09. The monoisotopic (exact) mass is 421 g/mol. The molecular formula is C16H28IN3O2. The van der Waals surface area contributed by atoms with Gasteiger partial charge in [0, 0.05) is 38.2 Å². The summed E-state index contributed by atoms with van der Waals surface area (Å²) in [5, 5.41) is 3.39. The Bertz CT molecular complexity index is 488. The summed E-state index contributed by atoms with van der Waals surface area (Å²) in [5.74, 6) is 3.51. The van der Waals surface area contributed by atoms with Gasteiger partial charge in [0.1, 0.15) is 11.5 Å². The van der Waals surface area contributed by atoms with E-state index in [1.807, 2.05) is 13.8 Å². The van der Waals surface area contributed by atoms with Crippen molar-refractivity contribution < 1.29 is 9.15 Å². The lowest BCUT2D eigenvalue weighted by Gasteiger charge is -2.21. The predicted octanol–water partition coefficient (Wildman–Crippen LogP) is 2.95. The SMILES string of the molecule is CCNC(=NCc1cc(C)oc1C)N1CCC(COC)C1.I. The molecular weight excluding hydrogens is 393 g/mol. The van der Waals surface area contributed by atoms with E-state index in [4.69, 9.17) is 14.1 Å². The van der Waals surface area contributed by atoms with Crippen molar-refractivity contribution >= 4 is 29.9 Å². The number of likely N-dealkylation sites (tertiary alicyclic amines) is 1. The maximum absolute atomic E-state index is 5.56. The Morgan fingerprint density at radius 1 is 1.50 bits per heavy atom. The zero-order valence-electron chi connectivity index (χ0n) is 14.0. The van der Waals surface area contributed by atoms with Crippen molar-refractivity contribution in [3.8, 4) is 0 Å². The second-order valence-electron chi connectivity index (χ2n) is 5.66. The van der Waals surface area contributed by atoms with Gasteiger partial charge in [-0.3, -0.25) is 0 Å². The van der Waals surface area contributed by atoms with Gasteiger partial charge < -0.3 is 19.4 Å². The highest BCUT2D eigenvalue weighted by molar-refractivity contribution is 14.0. The Balaban J connectivity index is 0.00000242. The summed E-state index contributed by atoms with van der Waals surface area (Å²) in [6.07, 6.45) is 1.17. The molecule has 0 aliphatic carbocycles. The van der Waals surface area contributed by atoms with Crippen LogP contribution in [0.15, 0.2) is 15.5 Å². The van der Waals surface area contributed by atoms with E-state index in [0.717, 1.165) is 49.3 Å². The largest absolute Gasteiger partial charge is 0.466 e. The fraction of sp³-hybridized carbons (Fsp3) is 0.688. The number of ether oxygens (including phenoxy) is 1. The summed E-state index contributed by atoms with van der Waals surface area (Å²) in [6.45, 7) is 10.5. The average Bonchev–Trinajstić information content (AvgIpc) is 3.02. The van der Waals surface area contributed by atoms with E-state index >= 15 is 0 Å². The van der Waals surface area contributed by atoms with Gasteiger partial charge in [-0.25, -0.2) is 4.99 Å². The molecule has 1 aromatic heterocycles. The summed E-state index contributed by atoms with van der Waals surface area (Å²) >= 11 is 0. The van der Waals surface area contributed by atoms with Gasteiger partial charge in [-0.1, -0.05) is 0 Å². The molecule has 0 radical (unpaired) electrons. The molecule has 6 heteroatoms.